The number of nitrogens with zero attached hydrogens (tertiary/aromatic N) is 4. The van der Waals surface area contributed by atoms with Crippen LogP contribution in [0.25, 0.3) is 16.6 Å². The molecule has 4 aliphatic rings. The van der Waals surface area contributed by atoms with E-state index in [0.29, 0.717) is 35.2 Å². The highest BCUT2D eigenvalue weighted by molar-refractivity contribution is 6.06. The zero-order valence-corrected chi connectivity index (χ0v) is 21.9. The minimum Gasteiger partial charge on any atom is -0.481 e. The minimum atomic E-state index is -0.496. The number of ether oxygens (including phenoxy) is 1. The summed E-state index contributed by atoms with van der Waals surface area (Å²) in [4.78, 5) is 9.08. The van der Waals surface area contributed by atoms with Gasteiger partial charge in [0.2, 0.25) is 5.88 Å². The van der Waals surface area contributed by atoms with Crippen LogP contribution in [0.15, 0.2) is 66.0 Å². The van der Waals surface area contributed by atoms with Crippen LogP contribution in [-0.2, 0) is 0 Å². The van der Waals surface area contributed by atoms with Crippen LogP contribution in [0, 0.1) is 17.8 Å². The zero-order valence-electron chi connectivity index (χ0n) is 21.9. The number of nitrogens with one attached hydrogen (secondary N) is 1. The molecule has 0 radical (unpaired) electrons. The van der Waals surface area contributed by atoms with E-state index in [9.17, 15) is 5.11 Å². The van der Waals surface area contributed by atoms with Crippen LogP contribution in [0.3, 0.4) is 0 Å². The van der Waals surface area contributed by atoms with Crippen molar-refractivity contribution in [2.75, 3.05) is 18.2 Å². The van der Waals surface area contributed by atoms with Crippen LogP contribution in [-0.4, -0.2) is 44.3 Å². The molecule has 4 fully saturated rings. The van der Waals surface area contributed by atoms with Gasteiger partial charge in [0, 0.05) is 41.3 Å². The monoisotopic (exact) mass is 523 g/mol. The topological polar surface area (TPSA) is 136 Å². The van der Waals surface area contributed by atoms with Gasteiger partial charge in [-0.3, -0.25) is 0 Å². The summed E-state index contributed by atoms with van der Waals surface area (Å²) >= 11 is 0. The molecule has 0 saturated heterocycles. The quantitative estimate of drug-likeness (QED) is 0.167. The maximum Gasteiger partial charge on any atom is 0.212 e. The number of nitrogen functional groups attached to an aromatic ring is 1. The maximum absolute atomic E-state index is 11.1. The van der Waals surface area contributed by atoms with E-state index in [1.54, 1.807) is 19.5 Å². The number of aromatic nitrogens is 3. The van der Waals surface area contributed by atoms with Gasteiger partial charge in [0.15, 0.2) is 0 Å². The highest BCUT2D eigenvalue weighted by Gasteiger charge is 2.54. The summed E-state index contributed by atoms with van der Waals surface area (Å²) in [7, 11) is 1.61. The molecule has 9 heteroatoms. The summed E-state index contributed by atoms with van der Waals surface area (Å²) in [5.74, 6) is 2.44. The van der Waals surface area contributed by atoms with E-state index in [1.165, 1.54) is 0 Å². The number of pyridine rings is 1. The molecule has 2 unspecified atom stereocenters. The molecule has 200 valence electrons. The van der Waals surface area contributed by atoms with Gasteiger partial charge in [0.05, 0.1) is 41.4 Å². The van der Waals surface area contributed by atoms with E-state index in [0.717, 1.165) is 65.7 Å². The van der Waals surface area contributed by atoms with Gasteiger partial charge in [-0.1, -0.05) is 0 Å². The molecule has 6 N–H and O–H groups in total. The summed E-state index contributed by atoms with van der Waals surface area (Å²) in [6.45, 7) is 0. The number of benzene rings is 1. The Balaban J connectivity index is 1.32. The van der Waals surface area contributed by atoms with E-state index < -0.39 is 5.60 Å². The largest absolute Gasteiger partial charge is 0.481 e. The van der Waals surface area contributed by atoms with Gasteiger partial charge in [-0.25, -0.2) is 14.5 Å². The Hall–Kier alpha value is -4.11. The van der Waals surface area contributed by atoms with Crippen molar-refractivity contribution >= 4 is 28.4 Å². The second-order valence-electron chi connectivity index (χ2n) is 11.5. The first-order valence-corrected chi connectivity index (χ1v) is 13.6. The number of rotatable bonds is 6. The average molecular weight is 524 g/mol. The molecule has 4 saturated carbocycles. The predicted molar refractivity (Wildman–Crippen MR) is 152 cm³/mol. The van der Waals surface area contributed by atoms with Gasteiger partial charge in [0.1, 0.15) is 5.84 Å². The van der Waals surface area contributed by atoms with Crippen molar-refractivity contribution in [2.45, 2.75) is 43.7 Å². The Bertz CT molecular complexity index is 1540. The van der Waals surface area contributed by atoms with Crippen molar-refractivity contribution in [1.82, 2.24) is 14.6 Å². The molecule has 0 amide bonds. The lowest BCUT2D eigenvalue weighted by Crippen LogP contribution is -2.59. The van der Waals surface area contributed by atoms with E-state index in [4.69, 9.17) is 26.3 Å². The summed E-state index contributed by atoms with van der Waals surface area (Å²) in [6, 6.07) is 13.6. The standard InChI is InChI=1S/C30H33N7O2/c1-39-26-7-2-18(14-33-26)21-10-25-28(36-27-19-8-17-9-20(27)13-30(38,11-17)12-19)24(15-34-37(25)16-21)29(32)35-23-5-3-22(31)4-6-23/h2-7,10,14-17,19-20,27,36,38H,8-9,11-13,31H2,1H3,(H2,32,35). The molecular formula is C30H33N7O2. The number of aliphatic imine (C=N–C) groups is 1. The average Bonchev–Trinajstić information content (AvgIpc) is 3.36. The number of nitrogens with two attached hydrogens (primary N) is 2. The normalized spacial score (nSPS) is 27.7. The first kappa shape index (κ1) is 24.0. The fourth-order valence-corrected chi connectivity index (χ4v) is 7.36. The van der Waals surface area contributed by atoms with E-state index >= 15 is 0 Å². The summed E-state index contributed by atoms with van der Waals surface area (Å²) in [5, 5.41) is 19.8. The Morgan fingerprint density at radius 2 is 1.85 bits per heavy atom. The molecule has 0 aliphatic heterocycles. The van der Waals surface area contributed by atoms with Gasteiger partial charge in [-0.05, 0) is 86.3 Å². The molecule has 9 nitrogen and oxygen atoms in total. The van der Waals surface area contributed by atoms with Crippen molar-refractivity contribution in [2.24, 2.45) is 28.5 Å². The number of fused-ring (bicyclic) bond motifs is 1. The van der Waals surface area contributed by atoms with Crippen LogP contribution < -0.4 is 21.5 Å². The molecule has 0 spiro atoms. The molecule has 4 aromatic rings. The number of hydrogen-bond donors (Lipinski definition) is 4. The third kappa shape index (κ3) is 4.27. The second kappa shape index (κ2) is 8.98. The van der Waals surface area contributed by atoms with Crippen LogP contribution >= 0.6 is 0 Å². The molecule has 1 aromatic carbocycles. The number of hydrogen-bond acceptors (Lipinski definition) is 7. The van der Waals surface area contributed by atoms with Crippen molar-refractivity contribution in [1.29, 1.82) is 0 Å². The lowest BCUT2D eigenvalue weighted by Gasteiger charge is -2.58. The summed E-state index contributed by atoms with van der Waals surface area (Å²) in [6.07, 6.45) is 10.6. The van der Waals surface area contributed by atoms with Crippen molar-refractivity contribution < 1.29 is 9.84 Å². The van der Waals surface area contributed by atoms with Crippen LogP contribution in [0.5, 0.6) is 5.88 Å². The van der Waals surface area contributed by atoms with Crippen molar-refractivity contribution in [3.63, 3.8) is 0 Å². The Morgan fingerprint density at radius 1 is 1.08 bits per heavy atom. The predicted octanol–water partition coefficient (Wildman–Crippen LogP) is 4.38. The first-order chi connectivity index (χ1) is 18.9. The molecule has 3 heterocycles. The van der Waals surface area contributed by atoms with Crippen LogP contribution in [0.2, 0.25) is 0 Å². The summed E-state index contributed by atoms with van der Waals surface area (Å²) in [5.41, 5.74) is 18.0. The number of anilines is 2. The SMILES string of the molecule is COc1ccc(-c2cc3c(NC4C5CC6CC4CC(O)(C6)C5)c(/C(N)=N/c4ccc(N)cc4)cnn3c2)cn1. The first-order valence-electron chi connectivity index (χ1n) is 13.6. The third-order valence-corrected chi connectivity index (χ3v) is 8.89. The lowest BCUT2D eigenvalue weighted by molar-refractivity contribution is -0.129. The Kier molecular flexibility index (Phi) is 5.52. The zero-order chi connectivity index (χ0) is 26.7. The highest BCUT2D eigenvalue weighted by Crippen LogP contribution is 2.56. The van der Waals surface area contributed by atoms with E-state index in [-0.39, 0.29) is 6.04 Å². The van der Waals surface area contributed by atoms with Gasteiger partial charge in [0.25, 0.3) is 0 Å². The maximum atomic E-state index is 11.1. The van der Waals surface area contributed by atoms with Gasteiger partial charge < -0.3 is 26.6 Å². The second-order valence-corrected chi connectivity index (χ2v) is 11.5. The Labute approximate surface area is 226 Å². The van der Waals surface area contributed by atoms with Crippen LogP contribution in [0.4, 0.5) is 17.1 Å². The molecule has 8 rings (SSSR count). The molecule has 4 bridgehead atoms. The lowest BCUT2D eigenvalue weighted by atomic mass is 9.52. The number of methoxy groups -OCH3 is 1. The number of amidine groups is 1. The Morgan fingerprint density at radius 3 is 2.51 bits per heavy atom. The fraction of sp³-hybridized carbons (Fsp3) is 0.367. The molecule has 3 aromatic heterocycles. The highest BCUT2D eigenvalue weighted by atomic mass is 16.5. The minimum absolute atomic E-state index is 0.261. The van der Waals surface area contributed by atoms with Gasteiger partial charge in [-0.15, -0.1) is 0 Å². The van der Waals surface area contributed by atoms with E-state index in [1.807, 2.05) is 47.1 Å². The third-order valence-electron chi connectivity index (χ3n) is 8.89. The van der Waals surface area contributed by atoms with Gasteiger partial charge >= 0.3 is 0 Å². The molecule has 4 aliphatic carbocycles. The molecular weight excluding hydrogens is 490 g/mol. The smallest absolute Gasteiger partial charge is 0.212 e. The van der Waals surface area contributed by atoms with E-state index in [2.05, 4.69) is 16.4 Å². The van der Waals surface area contributed by atoms with Crippen LogP contribution in [0.1, 0.15) is 37.7 Å². The fourth-order valence-electron chi connectivity index (χ4n) is 7.36. The molecule has 2 atom stereocenters. The number of aliphatic hydroxyl groups is 1. The molecule has 39 heavy (non-hydrogen) atoms. The summed E-state index contributed by atoms with van der Waals surface area (Å²) < 4.78 is 7.11. The van der Waals surface area contributed by atoms with Gasteiger partial charge in [-0.2, -0.15) is 5.10 Å². The van der Waals surface area contributed by atoms with Crippen molar-refractivity contribution in [3.05, 3.63) is 66.6 Å². The van der Waals surface area contributed by atoms with Crippen molar-refractivity contribution in [3.8, 4) is 17.0 Å².